The topological polar surface area (TPSA) is 20.3 Å². The summed E-state index contributed by atoms with van der Waals surface area (Å²) in [6.45, 7) is 6.63. The predicted octanol–water partition coefficient (Wildman–Crippen LogP) is 3.40. The van der Waals surface area contributed by atoms with Gasteiger partial charge in [0.05, 0.1) is 0 Å². The first kappa shape index (κ1) is 13.7. The molecule has 16 heavy (non-hydrogen) atoms. The molecule has 0 saturated carbocycles. The molecular formula is C14H27NO. The summed E-state index contributed by atoms with van der Waals surface area (Å²) in [5, 5.41) is 0. The van der Waals surface area contributed by atoms with E-state index in [2.05, 4.69) is 11.8 Å². The molecule has 0 N–H and O–H groups in total. The highest BCUT2D eigenvalue weighted by molar-refractivity contribution is 5.75. The van der Waals surface area contributed by atoms with Crippen LogP contribution in [0, 0.1) is 0 Å². The molecule has 1 atom stereocenters. The Morgan fingerprint density at radius 2 is 1.88 bits per heavy atom. The Hall–Kier alpha value is -0.370. The van der Waals surface area contributed by atoms with E-state index in [1.807, 2.05) is 0 Å². The van der Waals surface area contributed by atoms with E-state index in [-0.39, 0.29) is 0 Å². The first-order valence-electron chi connectivity index (χ1n) is 6.93. The lowest BCUT2D eigenvalue weighted by Gasteiger charge is -2.20. The normalized spacial score (nSPS) is 21.5. The van der Waals surface area contributed by atoms with E-state index in [4.69, 9.17) is 0 Å². The second-order valence-corrected chi connectivity index (χ2v) is 5.25. The SMILES string of the molecule is CC(=O)CCCCCCCN1CCC[C@H]1C. The van der Waals surface area contributed by atoms with Crippen LogP contribution >= 0.6 is 0 Å². The third kappa shape index (κ3) is 5.64. The van der Waals surface area contributed by atoms with Gasteiger partial charge in [-0.15, -0.1) is 0 Å². The molecular weight excluding hydrogens is 198 g/mol. The van der Waals surface area contributed by atoms with Gasteiger partial charge in [0.25, 0.3) is 0 Å². The fourth-order valence-electron chi connectivity index (χ4n) is 2.54. The quantitative estimate of drug-likeness (QED) is 0.590. The van der Waals surface area contributed by atoms with Crippen molar-refractivity contribution < 1.29 is 4.79 Å². The van der Waals surface area contributed by atoms with Crippen LogP contribution in [0.1, 0.15) is 65.2 Å². The van der Waals surface area contributed by atoms with Crippen LogP contribution in [0.3, 0.4) is 0 Å². The minimum atomic E-state index is 0.339. The van der Waals surface area contributed by atoms with E-state index in [1.54, 1.807) is 6.92 Å². The fraction of sp³-hybridized carbons (Fsp3) is 0.929. The minimum absolute atomic E-state index is 0.339. The maximum Gasteiger partial charge on any atom is 0.129 e. The van der Waals surface area contributed by atoms with Gasteiger partial charge in [-0.2, -0.15) is 0 Å². The lowest BCUT2D eigenvalue weighted by atomic mass is 10.1. The lowest BCUT2D eigenvalue weighted by Crippen LogP contribution is -2.27. The van der Waals surface area contributed by atoms with E-state index in [1.165, 1.54) is 51.6 Å². The second kappa shape index (κ2) is 7.83. The summed E-state index contributed by atoms with van der Waals surface area (Å²) < 4.78 is 0. The zero-order valence-corrected chi connectivity index (χ0v) is 11.0. The monoisotopic (exact) mass is 225 g/mol. The molecule has 0 spiro atoms. The maximum absolute atomic E-state index is 10.7. The van der Waals surface area contributed by atoms with Gasteiger partial charge in [0, 0.05) is 12.5 Å². The van der Waals surface area contributed by atoms with Crippen molar-refractivity contribution in [2.24, 2.45) is 0 Å². The molecule has 0 bridgehead atoms. The molecule has 0 aromatic carbocycles. The molecule has 0 unspecified atom stereocenters. The smallest absolute Gasteiger partial charge is 0.129 e. The molecule has 0 aromatic heterocycles. The zero-order chi connectivity index (χ0) is 11.8. The Balaban J connectivity index is 1.86. The van der Waals surface area contributed by atoms with Crippen molar-refractivity contribution >= 4 is 5.78 Å². The fourth-order valence-corrected chi connectivity index (χ4v) is 2.54. The molecule has 1 aliphatic rings. The van der Waals surface area contributed by atoms with Gasteiger partial charge in [-0.3, -0.25) is 0 Å². The average Bonchev–Trinajstić information content (AvgIpc) is 2.62. The predicted molar refractivity (Wildman–Crippen MR) is 68.7 cm³/mol. The van der Waals surface area contributed by atoms with Crippen LogP contribution < -0.4 is 0 Å². The molecule has 0 radical (unpaired) electrons. The number of Topliss-reactive ketones (excluding diaryl/α,β-unsaturated/α-hetero) is 1. The van der Waals surface area contributed by atoms with Crippen molar-refractivity contribution in [2.75, 3.05) is 13.1 Å². The van der Waals surface area contributed by atoms with Crippen molar-refractivity contribution in [3.8, 4) is 0 Å². The van der Waals surface area contributed by atoms with Gasteiger partial charge in [-0.1, -0.05) is 19.3 Å². The second-order valence-electron chi connectivity index (χ2n) is 5.25. The summed E-state index contributed by atoms with van der Waals surface area (Å²) in [6.07, 6.45) is 9.85. The van der Waals surface area contributed by atoms with Crippen LogP contribution in [0.2, 0.25) is 0 Å². The molecule has 0 aliphatic carbocycles. The summed E-state index contributed by atoms with van der Waals surface area (Å²) in [7, 11) is 0. The molecule has 1 heterocycles. The summed E-state index contributed by atoms with van der Waals surface area (Å²) >= 11 is 0. The molecule has 1 fully saturated rings. The number of nitrogens with zero attached hydrogens (tertiary/aromatic N) is 1. The van der Waals surface area contributed by atoms with Crippen LogP contribution in [0.5, 0.6) is 0 Å². The number of hydrogen-bond donors (Lipinski definition) is 0. The van der Waals surface area contributed by atoms with Gasteiger partial charge < -0.3 is 9.69 Å². The van der Waals surface area contributed by atoms with Gasteiger partial charge in [0.1, 0.15) is 5.78 Å². The summed E-state index contributed by atoms with van der Waals surface area (Å²) in [4.78, 5) is 13.4. The van der Waals surface area contributed by atoms with Crippen LogP contribution in [0.25, 0.3) is 0 Å². The lowest BCUT2D eigenvalue weighted by molar-refractivity contribution is -0.117. The van der Waals surface area contributed by atoms with E-state index >= 15 is 0 Å². The average molecular weight is 225 g/mol. The maximum atomic E-state index is 10.7. The van der Waals surface area contributed by atoms with E-state index in [9.17, 15) is 4.79 Å². The Morgan fingerprint density at radius 3 is 2.50 bits per heavy atom. The van der Waals surface area contributed by atoms with Gasteiger partial charge in [0.2, 0.25) is 0 Å². The molecule has 94 valence electrons. The van der Waals surface area contributed by atoms with E-state index in [0.29, 0.717) is 5.78 Å². The van der Waals surface area contributed by atoms with Crippen molar-refractivity contribution in [3.05, 3.63) is 0 Å². The standard InChI is InChI=1S/C14H27NO/c1-13-9-8-12-15(13)11-7-5-3-4-6-10-14(2)16/h13H,3-12H2,1-2H3/t13-/m1/s1. The van der Waals surface area contributed by atoms with Gasteiger partial charge >= 0.3 is 0 Å². The number of carbonyl (C=O) groups excluding carboxylic acids is 1. The molecule has 2 heteroatoms. The highest BCUT2D eigenvalue weighted by Gasteiger charge is 2.18. The molecule has 1 aliphatic heterocycles. The highest BCUT2D eigenvalue weighted by atomic mass is 16.1. The largest absolute Gasteiger partial charge is 0.301 e. The van der Waals surface area contributed by atoms with Crippen LogP contribution in [0.4, 0.5) is 0 Å². The highest BCUT2D eigenvalue weighted by Crippen LogP contribution is 2.17. The minimum Gasteiger partial charge on any atom is -0.301 e. The molecule has 0 amide bonds. The molecule has 1 rings (SSSR count). The number of hydrogen-bond acceptors (Lipinski definition) is 2. The first-order valence-corrected chi connectivity index (χ1v) is 6.93. The Morgan fingerprint density at radius 1 is 1.19 bits per heavy atom. The first-order chi connectivity index (χ1) is 7.70. The summed E-state index contributed by atoms with van der Waals surface area (Å²) in [5.41, 5.74) is 0. The van der Waals surface area contributed by atoms with E-state index < -0.39 is 0 Å². The third-order valence-corrected chi connectivity index (χ3v) is 3.66. The summed E-state index contributed by atoms with van der Waals surface area (Å²) in [5.74, 6) is 0.339. The van der Waals surface area contributed by atoms with Crippen LogP contribution in [0.15, 0.2) is 0 Å². The zero-order valence-electron chi connectivity index (χ0n) is 11.0. The van der Waals surface area contributed by atoms with Crippen LogP contribution in [-0.4, -0.2) is 29.8 Å². The third-order valence-electron chi connectivity index (χ3n) is 3.66. The van der Waals surface area contributed by atoms with Crippen LogP contribution in [-0.2, 0) is 4.79 Å². The summed E-state index contributed by atoms with van der Waals surface area (Å²) in [6, 6.07) is 0.817. The van der Waals surface area contributed by atoms with Crippen molar-refractivity contribution in [3.63, 3.8) is 0 Å². The molecule has 1 saturated heterocycles. The number of likely N-dealkylation sites (tertiary alicyclic amines) is 1. The number of unbranched alkanes of at least 4 members (excludes halogenated alkanes) is 4. The Bertz CT molecular complexity index is 203. The Kier molecular flexibility index (Phi) is 6.70. The van der Waals surface area contributed by atoms with Crippen molar-refractivity contribution in [1.82, 2.24) is 4.90 Å². The number of rotatable bonds is 8. The Labute approximate surface area is 100 Å². The van der Waals surface area contributed by atoms with Crippen molar-refractivity contribution in [1.29, 1.82) is 0 Å². The number of ketones is 1. The number of carbonyl (C=O) groups is 1. The van der Waals surface area contributed by atoms with Gasteiger partial charge in [-0.05, 0) is 52.6 Å². The van der Waals surface area contributed by atoms with E-state index in [0.717, 1.165) is 18.9 Å². The molecule has 2 nitrogen and oxygen atoms in total. The van der Waals surface area contributed by atoms with Crippen molar-refractivity contribution in [2.45, 2.75) is 71.3 Å². The van der Waals surface area contributed by atoms with Gasteiger partial charge in [-0.25, -0.2) is 0 Å². The van der Waals surface area contributed by atoms with Gasteiger partial charge in [0.15, 0.2) is 0 Å². The molecule has 0 aromatic rings.